The third-order valence-electron chi connectivity index (χ3n) is 4.52. The molecule has 3 rings (SSSR count). The molecule has 0 saturated carbocycles. The van der Waals surface area contributed by atoms with Crippen LogP contribution in [0.4, 0.5) is 5.69 Å². The summed E-state index contributed by atoms with van der Waals surface area (Å²) >= 11 is 1.34. The molecule has 0 aliphatic heterocycles. The van der Waals surface area contributed by atoms with Crippen LogP contribution >= 0.6 is 11.8 Å². The lowest BCUT2D eigenvalue weighted by molar-refractivity contribution is -0.113. The van der Waals surface area contributed by atoms with Crippen LogP contribution < -0.4 is 10.1 Å². The fourth-order valence-corrected chi connectivity index (χ4v) is 3.76. The van der Waals surface area contributed by atoms with Crippen LogP contribution in [0.2, 0.25) is 0 Å². The molecule has 156 valence electrons. The standard InChI is InChI=1S/C22H24N4O3S/c1-4-26-20(12-16-8-10-19(29-3)11-9-16)24-25-22(26)30-14-21(28)23-18-7-5-6-17(13-18)15(2)27/h5-11,13H,4,12,14H2,1-3H3,(H,23,28). The van der Waals surface area contributed by atoms with Crippen molar-refractivity contribution in [2.45, 2.75) is 32.0 Å². The highest BCUT2D eigenvalue weighted by atomic mass is 32.2. The van der Waals surface area contributed by atoms with Crippen molar-refractivity contribution in [2.75, 3.05) is 18.2 Å². The molecule has 0 spiro atoms. The molecule has 0 aliphatic carbocycles. The normalized spacial score (nSPS) is 10.6. The van der Waals surface area contributed by atoms with Crippen LogP contribution in [-0.2, 0) is 17.8 Å². The number of ether oxygens (including phenoxy) is 1. The molecule has 0 radical (unpaired) electrons. The summed E-state index contributed by atoms with van der Waals surface area (Å²) in [7, 11) is 1.64. The summed E-state index contributed by atoms with van der Waals surface area (Å²) in [4.78, 5) is 23.8. The molecule has 3 aromatic rings. The van der Waals surface area contributed by atoms with Crippen molar-refractivity contribution in [3.63, 3.8) is 0 Å². The summed E-state index contributed by atoms with van der Waals surface area (Å²) in [5.74, 6) is 1.65. The summed E-state index contributed by atoms with van der Waals surface area (Å²) in [6, 6.07) is 14.8. The molecule has 1 aromatic heterocycles. The summed E-state index contributed by atoms with van der Waals surface area (Å²) in [6.07, 6.45) is 0.648. The Labute approximate surface area is 179 Å². The smallest absolute Gasteiger partial charge is 0.234 e. The number of carbonyl (C=O) groups is 2. The second-order valence-electron chi connectivity index (χ2n) is 6.64. The summed E-state index contributed by atoms with van der Waals surface area (Å²) in [5, 5.41) is 12.1. The Balaban J connectivity index is 1.62. The van der Waals surface area contributed by atoms with Gasteiger partial charge in [-0.1, -0.05) is 36.0 Å². The Kier molecular flexibility index (Phi) is 7.24. The first-order valence-electron chi connectivity index (χ1n) is 9.58. The topological polar surface area (TPSA) is 86.1 Å². The summed E-state index contributed by atoms with van der Waals surface area (Å²) < 4.78 is 7.20. The SMILES string of the molecule is CCn1c(Cc2ccc(OC)cc2)nnc1SCC(=O)Nc1cccc(C(C)=O)c1. The van der Waals surface area contributed by atoms with Crippen molar-refractivity contribution in [1.29, 1.82) is 0 Å². The largest absolute Gasteiger partial charge is 0.497 e. The number of amides is 1. The predicted octanol–water partition coefficient (Wildman–Crippen LogP) is 3.83. The molecule has 0 unspecified atom stereocenters. The zero-order valence-corrected chi connectivity index (χ0v) is 18.0. The van der Waals surface area contributed by atoms with Crippen LogP contribution in [0.3, 0.4) is 0 Å². The van der Waals surface area contributed by atoms with Crippen molar-refractivity contribution in [1.82, 2.24) is 14.8 Å². The number of rotatable bonds is 9. The van der Waals surface area contributed by atoms with Crippen molar-refractivity contribution < 1.29 is 14.3 Å². The number of aromatic nitrogens is 3. The second kappa shape index (κ2) is 10.1. The van der Waals surface area contributed by atoms with Gasteiger partial charge in [-0.3, -0.25) is 9.59 Å². The molecule has 0 bridgehead atoms. The molecule has 8 heteroatoms. The number of hydrogen-bond donors (Lipinski definition) is 1. The van der Waals surface area contributed by atoms with Gasteiger partial charge in [-0.05, 0) is 43.7 Å². The highest BCUT2D eigenvalue weighted by Crippen LogP contribution is 2.20. The fourth-order valence-electron chi connectivity index (χ4n) is 2.94. The molecule has 7 nitrogen and oxygen atoms in total. The van der Waals surface area contributed by atoms with Crippen LogP contribution in [0.15, 0.2) is 53.7 Å². The highest BCUT2D eigenvalue weighted by Gasteiger charge is 2.14. The number of nitrogens with zero attached hydrogens (tertiary/aromatic N) is 3. The zero-order chi connectivity index (χ0) is 21.5. The van der Waals surface area contributed by atoms with Crippen molar-refractivity contribution in [2.24, 2.45) is 0 Å². The molecule has 0 fully saturated rings. The zero-order valence-electron chi connectivity index (χ0n) is 17.2. The summed E-state index contributed by atoms with van der Waals surface area (Å²) in [6.45, 7) is 4.24. The predicted molar refractivity (Wildman–Crippen MR) is 117 cm³/mol. The molecular formula is C22H24N4O3S. The minimum absolute atomic E-state index is 0.0408. The van der Waals surface area contributed by atoms with Gasteiger partial charge in [0.05, 0.1) is 12.9 Å². The number of hydrogen-bond acceptors (Lipinski definition) is 6. The minimum atomic E-state index is -0.164. The quantitative estimate of drug-likeness (QED) is 0.415. The Morgan fingerprint density at radius 3 is 2.57 bits per heavy atom. The monoisotopic (exact) mass is 424 g/mol. The molecular weight excluding hydrogens is 400 g/mol. The van der Waals surface area contributed by atoms with Gasteiger partial charge in [0.1, 0.15) is 11.6 Å². The Bertz CT molecular complexity index is 1030. The average molecular weight is 425 g/mol. The van der Waals surface area contributed by atoms with E-state index < -0.39 is 0 Å². The van der Waals surface area contributed by atoms with Gasteiger partial charge in [0.2, 0.25) is 5.91 Å². The van der Waals surface area contributed by atoms with Crippen LogP contribution in [0, 0.1) is 0 Å². The molecule has 30 heavy (non-hydrogen) atoms. The van der Waals surface area contributed by atoms with Crippen molar-refractivity contribution in [3.05, 3.63) is 65.5 Å². The van der Waals surface area contributed by atoms with Gasteiger partial charge in [0, 0.05) is 24.2 Å². The first kappa shape index (κ1) is 21.6. The van der Waals surface area contributed by atoms with E-state index in [2.05, 4.69) is 15.5 Å². The van der Waals surface area contributed by atoms with E-state index in [0.717, 1.165) is 17.1 Å². The molecule has 1 N–H and O–H groups in total. The van der Waals surface area contributed by atoms with E-state index in [4.69, 9.17) is 4.74 Å². The van der Waals surface area contributed by atoms with E-state index in [1.165, 1.54) is 18.7 Å². The number of nitrogens with one attached hydrogen (secondary N) is 1. The first-order valence-corrected chi connectivity index (χ1v) is 10.6. The third-order valence-corrected chi connectivity index (χ3v) is 5.48. The van der Waals surface area contributed by atoms with E-state index in [9.17, 15) is 9.59 Å². The van der Waals surface area contributed by atoms with Crippen LogP contribution in [-0.4, -0.2) is 39.3 Å². The number of benzene rings is 2. The lowest BCUT2D eigenvalue weighted by Gasteiger charge is -2.09. The number of carbonyl (C=O) groups excluding carboxylic acids is 2. The van der Waals surface area contributed by atoms with Gasteiger partial charge in [0.15, 0.2) is 10.9 Å². The fraction of sp³-hybridized carbons (Fsp3) is 0.273. The Morgan fingerprint density at radius 1 is 1.13 bits per heavy atom. The molecule has 1 heterocycles. The second-order valence-corrected chi connectivity index (χ2v) is 7.58. The lowest BCUT2D eigenvalue weighted by atomic mass is 10.1. The molecule has 2 aromatic carbocycles. The summed E-state index contributed by atoms with van der Waals surface area (Å²) in [5.41, 5.74) is 2.28. The maximum absolute atomic E-state index is 12.3. The van der Waals surface area contributed by atoms with Crippen LogP contribution in [0.5, 0.6) is 5.75 Å². The number of anilines is 1. The van der Waals surface area contributed by atoms with Crippen LogP contribution in [0.25, 0.3) is 0 Å². The van der Waals surface area contributed by atoms with E-state index in [0.29, 0.717) is 29.4 Å². The maximum atomic E-state index is 12.3. The van der Waals surface area contributed by atoms with Crippen molar-refractivity contribution in [3.8, 4) is 5.75 Å². The van der Waals surface area contributed by atoms with Crippen molar-refractivity contribution >= 4 is 29.1 Å². The van der Waals surface area contributed by atoms with Gasteiger partial charge in [-0.25, -0.2) is 0 Å². The molecule has 1 amide bonds. The van der Waals surface area contributed by atoms with Gasteiger partial charge >= 0.3 is 0 Å². The molecule has 0 atom stereocenters. The Morgan fingerprint density at radius 2 is 1.90 bits per heavy atom. The maximum Gasteiger partial charge on any atom is 0.234 e. The number of thioether (sulfide) groups is 1. The first-order chi connectivity index (χ1) is 14.5. The van der Waals surface area contributed by atoms with Gasteiger partial charge in [-0.2, -0.15) is 0 Å². The Hall–Kier alpha value is -3.13. The molecule has 0 saturated heterocycles. The van der Waals surface area contributed by atoms with Gasteiger partial charge in [0.25, 0.3) is 0 Å². The van der Waals surface area contributed by atoms with E-state index >= 15 is 0 Å². The van der Waals surface area contributed by atoms with E-state index in [-0.39, 0.29) is 17.4 Å². The lowest BCUT2D eigenvalue weighted by Crippen LogP contribution is -2.15. The molecule has 0 aliphatic rings. The number of methoxy groups -OCH3 is 1. The minimum Gasteiger partial charge on any atom is -0.497 e. The van der Waals surface area contributed by atoms with E-state index in [1.54, 1.807) is 31.4 Å². The number of Topliss-reactive ketones (excluding diaryl/α,β-unsaturated/α-hetero) is 1. The number of ketones is 1. The highest BCUT2D eigenvalue weighted by molar-refractivity contribution is 7.99. The third kappa shape index (κ3) is 5.48. The average Bonchev–Trinajstić information content (AvgIpc) is 3.14. The van der Waals surface area contributed by atoms with E-state index in [1.807, 2.05) is 35.8 Å². The van der Waals surface area contributed by atoms with Gasteiger partial charge < -0.3 is 14.6 Å². The van der Waals surface area contributed by atoms with Gasteiger partial charge in [-0.15, -0.1) is 10.2 Å². The van der Waals surface area contributed by atoms with Crippen LogP contribution in [0.1, 0.15) is 35.6 Å².